The van der Waals surface area contributed by atoms with Crippen LogP contribution in [0.4, 0.5) is 5.82 Å². The molecule has 2 heterocycles. The number of aromatic nitrogens is 4. The third-order valence-electron chi connectivity index (χ3n) is 4.39. The molecule has 3 aromatic rings. The summed E-state index contributed by atoms with van der Waals surface area (Å²) in [4.78, 5) is 12.8. The van der Waals surface area contributed by atoms with Gasteiger partial charge in [0.15, 0.2) is 11.6 Å². The van der Waals surface area contributed by atoms with E-state index in [9.17, 15) is 0 Å². The lowest BCUT2D eigenvalue weighted by Crippen LogP contribution is -2.40. The summed E-state index contributed by atoms with van der Waals surface area (Å²) in [6.07, 6.45) is 5.10. The summed E-state index contributed by atoms with van der Waals surface area (Å²) in [5, 5.41) is 16.4. The van der Waals surface area contributed by atoms with Gasteiger partial charge in [-0.1, -0.05) is 29.3 Å². The maximum Gasteiger partial charge on any atom is 0.191 e. The van der Waals surface area contributed by atoms with E-state index in [2.05, 4.69) is 36.0 Å². The molecule has 0 amide bonds. The molecule has 0 fully saturated rings. The van der Waals surface area contributed by atoms with Crippen LogP contribution in [0, 0.1) is 0 Å². The van der Waals surface area contributed by atoms with Crippen LogP contribution < -0.4 is 16.0 Å². The molecule has 0 aliphatic carbocycles. The highest BCUT2D eigenvalue weighted by atomic mass is 127. The zero-order chi connectivity index (χ0) is 20.6. The Hall–Kier alpha value is -1.85. The standard InChI is InChI=1S/C19H24Cl2N8.HI/c1-22-19(24-7-3-4-13-5-6-14(20)10-16(13)21)25-9-8-23-17-15-11-28-29(2)18(15)27-12-26-17;/h5-6,10-12H,3-4,7-9H2,1-2H3,(H2,22,24,25)(H,23,26,27);1H. The molecule has 1 aromatic carbocycles. The number of nitrogens with one attached hydrogen (secondary N) is 3. The summed E-state index contributed by atoms with van der Waals surface area (Å²) in [7, 11) is 3.61. The Morgan fingerprint density at radius 1 is 1.13 bits per heavy atom. The first-order chi connectivity index (χ1) is 14.1. The number of nitrogens with zero attached hydrogens (tertiary/aromatic N) is 5. The number of aliphatic imine (C=N–C) groups is 1. The van der Waals surface area contributed by atoms with Crippen molar-refractivity contribution in [3.63, 3.8) is 0 Å². The number of hydrogen-bond donors (Lipinski definition) is 3. The maximum atomic E-state index is 6.21. The molecule has 0 saturated carbocycles. The van der Waals surface area contributed by atoms with Gasteiger partial charge in [0, 0.05) is 43.8 Å². The summed E-state index contributed by atoms with van der Waals surface area (Å²) in [5.41, 5.74) is 1.89. The largest absolute Gasteiger partial charge is 0.368 e. The molecular weight excluding hydrogens is 538 g/mol. The van der Waals surface area contributed by atoms with E-state index in [1.54, 1.807) is 24.0 Å². The van der Waals surface area contributed by atoms with Crippen LogP contribution in [0.1, 0.15) is 12.0 Å². The SMILES string of the molecule is CN=C(NCCCc1ccc(Cl)cc1Cl)NCCNc1ncnc2c1cnn2C.I. The van der Waals surface area contributed by atoms with Gasteiger partial charge in [-0.2, -0.15) is 5.10 Å². The molecule has 0 atom stereocenters. The van der Waals surface area contributed by atoms with Crippen molar-refractivity contribution in [3.05, 3.63) is 46.3 Å². The lowest BCUT2D eigenvalue weighted by molar-refractivity contribution is 0.744. The Labute approximate surface area is 202 Å². The van der Waals surface area contributed by atoms with E-state index in [1.807, 2.05) is 19.2 Å². The molecule has 3 rings (SSSR count). The molecule has 30 heavy (non-hydrogen) atoms. The maximum absolute atomic E-state index is 6.21. The fraction of sp³-hybridized carbons (Fsp3) is 0.368. The van der Waals surface area contributed by atoms with Crippen molar-refractivity contribution in [1.29, 1.82) is 0 Å². The highest BCUT2D eigenvalue weighted by Gasteiger charge is 2.07. The van der Waals surface area contributed by atoms with Crippen LogP contribution >= 0.6 is 47.2 Å². The summed E-state index contributed by atoms with van der Waals surface area (Å²) < 4.78 is 1.73. The minimum Gasteiger partial charge on any atom is -0.368 e. The molecule has 2 aromatic heterocycles. The fourth-order valence-electron chi connectivity index (χ4n) is 2.90. The second kappa shape index (κ2) is 12.1. The van der Waals surface area contributed by atoms with E-state index in [0.717, 1.165) is 47.8 Å². The number of guanidine groups is 1. The first kappa shape index (κ1) is 24.4. The number of rotatable bonds is 8. The summed E-state index contributed by atoms with van der Waals surface area (Å²) >= 11 is 12.1. The van der Waals surface area contributed by atoms with Gasteiger partial charge in [0.05, 0.1) is 11.6 Å². The predicted octanol–water partition coefficient (Wildman–Crippen LogP) is 3.50. The average molecular weight is 563 g/mol. The van der Waals surface area contributed by atoms with Gasteiger partial charge in [0.1, 0.15) is 12.1 Å². The van der Waals surface area contributed by atoms with Crippen molar-refractivity contribution in [2.45, 2.75) is 12.8 Å². The topological polar surface area (TPSA) is 92.1 Å². The molecule has 0 saturated heterocycles. The molecule has 0 unspecified atom stereocenters. The van der Waals surface area contributed by atoms with Crippen molar-refractivity contribution in [2.24, 2.45) is 12.0 Å². The van der Waals surface area contributed by atoms with Crippen molar-refractivity contribution in [1.82, 2.24) is 30.4 Å². The number of benzene rings is 1. The summed E-state index contributed by atoms with van der Waals surface area (Å²) in [5.74, 6) is 1.52. The van der Waals surface area contributed by atoms with E-state index in [0.29, 0.717) is 23.1 Å². The van der Waals surface area contributed by atoms with Gasteiger partial charge in [0.2, 0.25) is 0 Å². The Morgan fingerprint density at radius 3 is 2.70 bits per heavy atom. The van der Waals surface area contributed by atoms with Crippen LogP contribution in [-0.2, 0) is 13.5 Å². The van der Waals surface area contributed by atoms with E-state index < -0.39 is 0 Å². The predicted molar refractivity (Wildman–Crippen MR) is 134 cm³/mol. The smallest absolute Gasteiger partial charge is 0.191 e. The van der Waals surface area contributed by atoms with Gasteiger partial charge in [0.25, 0.3) is 0 Å². The molecular formula is C19H25Cl2IN8. The molecule has 0 radical (unpaired) electrons. The molecule has 0 aliphatic heterocycles. The van der Waals surface area contributed by atoms with E-state index in [4.69, 9.17) is 23.2 Å². The third-order valence-corrected chi connectivity index (χ3v) is 4.98. The Balaban J connectivity index is 0.00000320. The first-order valence-corrected chi connectivity index (χ1v) is 10.1. The Bertz CT molecular complexity index is 992. The summed E-state index contributed by atoms with van der Waals surface area (Å²) in [6, 6.07) is 5.60. The highest BCUT2D eigenvalue weighted by Crippen LogP contribution is 2.22. The van der Waals surface area contributed by atoms with Crippen LogP contribution in [0.15, 0.2) is 35.7 Å². The van der Waals surface area contributed by atoms with Gasteiger partial charge in [-0.25, -0.2) is 9.97 Å². The first-order valence-electron chi connectivity index (χ1n) is 9.33. The second-order valence-electron chi connectivity index (χ2n) is 6.42. The van der Waals surface area contributed by atoms with Crippen LogP contribution in [0.3, 0.4) is 0 Å². The Kier molecular flexibility index (Phi) is 9.86. The van der Waals surface area contributed by atoms with Crippen LogP contribution in [-0.4, -0.2) is 52.4 Å². The van der Waals surface area contributed by atoms with Gasteiger partial charge in [-0.05, 0) is 30.5 Å². The molecule has 0 spiro atoms. The zero-order valence-corrected chi connectivity index (χ0v) is 20.7. The summed E-state index contributed by atoms with van der Waals surface area (Å²) in [6.45, 7) is 2.16. The van der Waals surface area contributed by atoms with Gasteiger partial charge in [-0.3, -0.25) is 9.67 Å². The van der Waals surface area contributed by atoms with Gasteiger partial charge < -0.3 is 16.0 Å². The average Bonchev–Trinajstić information content (AvgIpc) is 3.10. The zero-order valence-electron chi connectivity index (χ0n) is 16.8. The second-order valence-corrected chi connectivity index (χ2v) is 7.26. The molecule has 11 heteroatoms. The number of aryl methyl sites for hydroxylation is 2. The van der Waals surface area contributed by atoms with Crippen LogP contribution in [0.5, 0.6) is 0 Å². The van der Waals surface area contributed by atoms with Crippen LogP contribution in [0.2, 0.25) is 10.0 Å². The van der Waals surface area contributed by atoms with Gasteiger partial charge in [-0.15, -0.1) is 24.0 Å². The molecule has 3 N–H and O–H groups in total. The van der Waals surface area contributed by atoms with E-state index >= 15 is 0 Å². The van der Waals surface area contributed by atoms with Crippen molar-refractivity contribution >= 4 is 70.0 Å². The van der Waals surface area contributed by atoms with Crippen molar-refractivity contribution in [3.8, 4) is 0 Å². The number of anilines is 1. The Morgan fingerprint density at radius 2 is 1.93 bits per heavy atom. The fourth-order valence-corrected chi connectivity index (χ4v) is 3.40. The number of halogens is 3. The minimum absolute atomic E-state index is 0. The lowest BCUT2D eigenvalue weighted by atomic mass is 10.1. The third kappa shape index (κ3) is 6.58. The normalized spacial score (nSPS) is 11.3. The molecule has 8 nitrogen and oxygen atoms in total. The van der Waals surface area contributed by atoms with E-state index in [-0.39, 0.29) is 24.0 Å². The highest BCUT2D eigenvalue weighted by molar-refractivity contribution is 14.0. The number of hydrogen-bond acceptors (Lipinski definition) is 5. The van der Waals surface area contributed by atoms with Crippen molar-refractivity contribution in [2.75, 3.05) is 32.0 Å². The molecule has 0 aliphatic rings. The molecule has 0 bridgehead atoms. The minimum atomic E-state index is 0. The van der Waals surface area contributed by atoms with Crippen molar-refractivity contribution < 1.29 is 0 Å². The quantitative estimate of drug-likeness (QED) is 0.168. The van der Waals surface area contributed by atoms with Crippen LogP contribution in [0.25, 0.3) is 11.0 Å². The van der Waals surface area contributed by atoms with E-state index in [1.165, 1.54) is 6.33 Å². The number of fused-ring (bicyclic) bond motifs is 1. The molecule has 162 valence electrons. The van der Waals surface area contributed by atoms with Gasteiger partial charge >= 0.3 is 0 Å². The monoisotopic (exact) mass is 562 g/mol. The lowest BCUT2D eigenvalue weighted by Gasteiger charge is -2.13.